The number of nitrogens with zero attached hydrogens (tertiary/aromatic N) is 1. The number of nitro benzene ring substituents is 1. The molecule has 34 heavy (non-hydrogen) atoms. The molecule has 3 heteroatoms. The highest BCUT2D eigenvalue weighted by Crippen LogP contribution is 2.50. The Balaban J connectivity index is 2.49. The lowest BCUT2D eigenvalue weighted by atomic mass is 9.77. The van der Waals surface area contributed by atoms with E-state index >= 15 is 0 Å². The summed E-state index contributed by atoms with van der Waals surface area (Å²) in [6.45, 7) is 21.9. The maximum Gasteiger partial charge on any atom is 0.280 e. The van der Waals surface area contributed by atoms with Gasteiger partial charge in [-0.15, -0.1) is 0 Å². The van der Waals surface area contributed by atoms with E-state index in [1.165, 1.54) is 38.2 Å². The van der Waals surface area contributed by atoms with Crippen LogP contribution < -0.4 is 0 Å². The molecule has 0 atom stereocenters. The molecule has 180 valence electrons. The predicted octanol–water partition coefficient (Wildman–Crippen LogP) is 10.1. The number of benzene rings is 4. The lowest BCUT2D eigenvalue weighted by Crippen LogP contribution is -2.07. The van der Waals surface area contributed by atoms with Crippen molar-refractivity contribution in [2.24, 2.45) is 0 Å². The quantitative estimate of drug-likeness (QED) is 0.164. The highest BCUT2D eigenvalue weighted by atomic mass is 16.6. The van der Waals surface area contributed by atoms with Crippen molar-refractivity contribution in [2.45, 2.75) is 98.8 Å². The predicted molar refractivity (Wildman–Crippen MR) is 147 cm³/mol. The Morgan fingerprint density at radius 1 is 0.500 bits per heavy atom. The SMILES string of the molecule is CC(C)c1cc2c(C(C)C)cc3c(C(C)C)cc(C(C)C)c4cc(C(C)C)c(c1[N+](=O)[O-])c2c34. The van der Waals surface area contributed by atoms with Crippen molar-refractivity contribution in [2.75, 3.05) is 0 Å². The van der Waals surface area contributed by atoms with Gasteiger partial charge in [-0.25, -0.2) is 0 Å². The van der Waals surface area contributed by atoms with Gasteiger partial charge in [-0.1, -0.05) is 75.3 Å². The van der Waals surface area contributed by atoms with Crippen LogP contribution >= 0.6 is 0 Å². The maximum absolute atomic E-state index is 12.6. The van der Waals surface area contributed by atoms with Gasteiger partial charge in [-0.2, -0.15) is 0 Å². The molecule has 0 amide bonds. The molecular weight excluding hydrogens is 418 g/mol. The van der Waals surface area contributed by atoms with Crippen molar-refractivity contribution in [3.63, 3.8) is 0 Å². The van der Waals surface area contributed by atoms with Crippen molar-refractivity contribution < 1.29 is 4.92 Å². The van der Waals surface area contributed by atoms with E-state index in [1.807, 2.05) is 0 Å². The first-order chi connectivity index (χ1) is 15.9. The zero-order valence-electron chi connectivity index (χ0n) is 22.5. The van der Waals surface area contributed by atoms with Crippen LogP contribution in [0.3, 0.4) is 0 Å². The van der Waals surface area contributed by atoms with E-state index in [9.17, 15) is 10.1 Å². The normalized spacial score (nSPS) is 12.8. The van der Waals surface area contributed by atoms with Gasteiger partial charge in [0.1, 0.15) is 0 Å². The molecular formula is C31H39NO2. The van der Waals surface area contributed by atoms with Crippen LogP contribution in [0.2, 0.25) is 0 Å². The van der Waals surface area contributed by atoms with Gasteiger partial charge >= 0.3 is 0 Å². The Hall–Kier alpha value is -2.68. The molecule has 0 saturated heterocycles. The lowest BCUT2D eigenvalue weighted by Gasteiger charge is -2.26. The fraction of sp³-hybridized carbons (Fsp3) is 0.484. The van der Waals surface area contributed by atoms with E-state index in [-0.39, 0.29) is 16.8 Å². The zero-order valence-corrected chi connectivity index (χ0v) is 22.5. The number of hydrogen-bond donors (Lipinski definition) is 0. The zero-order chi connectivity index (χ0) is 25.2. The van der Waals surface area contributed by atoms with Crippen LogP contribution in [-0.2, 0) is 0 Å². The third kappa shape index (κ3) is 3.56. The first-order valence-corrected chi connectivity index (χ1v) is 12.9. The third-order valence-corrected chi connectivity index (χ3v) is 7.54. The van der Waals surface area contributed by atoms with Gasteiger partial charge in [0.2, 0.25) is 0 Å². The second-order valence-corrected chi connectivity index (χ2v) is 11.6. The molecule has 0 aliphatic heterocycles. The summed E-state index contributed by atoms with van der Waals surface area (Å²) >= 11 is 0. The second-order valence-electron chi connectivity index (χ2n) is 11.6. The molecule has 0 N–H and O–H groups in total. The minimum Gasteiger partial charge on any atom is -0.258 e. The summed E-state index contributed by atoms with van der Waals surface area (Å²) in [6.07, 6.45) is 0. The van der Waals surface area contributed by atoms with Crippen LogP contribution in [0.4, 0.5) is 5.69 Å². The first kappa shape index (κ1) is 24.4. The Morgan fingerprint density at radius 3 is 1.26 bits per heavy atom. The van der Waals surface area contributed by atoms with Crippen LogP contribution in [-0.4, -0.2) is 4.92 Å². The van der Waals surface area contributed by atoms with Crippen LogP contribution in [0.15, 0.2) is 24.3 Å². The maximum atomic E-state index is 12.6. The smallest absolute Gasteiger partial charge is 0.258 e. The van der Waals surface area contributed by atoms with Gasteiger partial charge in [0, 0.05) is 10.9 Å². The summed E-state index contributed by atoms with van der Waals surface area (Å²) in [7, 11) is 0. The summed E-state index contributed by atoms with van der Waals surface area (Å²) in [5.74, 6) is 1.31. The largest absolute Gasteiger partial charge is 0.280 e. The van der Waals surface area contributed by atoms with Crippen molar-refractivity contribution in [1.82, 2.24) is 0 Å². The molecule has 0 heterocycles. The molecule has 4 aromatic rings. The number of nitro groups is 1. The Morgan fingerprint density at radius 2 is 0.853 bits per heavy atom. The minimum atomic E-state index is -0.130. The van der Waals surface area contributed by atoms with Crippen molar-refractivity contribution in [3.05, 3.63) is 62.2 Å². The van der Waals surface area contributed by atoms with E-state index < -0.39 is 0 Å². The molecule has 0 spiro atoms. The van der Waals surface area contributed by atoms with E-state index in [0.29, 0.717) is 23.4 Å². The van der Waals surface area contributed by atoms with Crippen LogP contribution in [0, 0.1) is 10.1 Å². The molecule has 0 unspecified atom stereocenters. The average Bonchev–Trinajstić information content (AvgIpc) is 2.74. The molecule has 0 aliphatic carbocycles. The van der Waals surface area contributed by atoms with Gasteiger partial charge in [-0.3, -0.25) is 10.1 Å². The van der Waals surface area contributed by atoms with E-state index in [0.717, 1.165) is 21.9 Å². The van der Waals surface area contributed by atoms with Gasteiger partial charge in [0.15, 0.2) is 0 Å². The third-order valence-electron chi connectivity index (χ3n) is 7.54. The monoisotopic (exact) mass is 457 g/mol. The van der Waals surface area contributed by atoms with Crippen molar-refractivity contribution >= 4 is 38.0 Å². The van der Waals surface area contributed by atoms with Crippen LogP contribution in [0.25, 0.3) is 32.3 Å². The standard InChI is InChI=1S/C31H39NO2/c1-15(2)20-11-21(16(3)4)26-13-23(18(7)8)30-29-27(14-24(19(9)10)31(30)32(33)34)22(17(5)6)12-25(20)28(26)29/h11-19H,1-10H3. The van der Waals surface area contributed by atoms with Gasteiger partial charge < -0.3 is 0 Å². The Kier molecular flexibility index (Phi) is 6.12. The number of rotatable bonds is 6. The highest BCUT2D eigenvalue weighted by Gasteiger charge is 2.30. The molecule has 4 aromatic carbocycles. The molecule has 0 radical (unpaired) electrons. The molecule has 0 aliphatic rings. The second kappa shape index (κ2) is 8.52. The van der Waals surface area contributed by atoms with E-state index in [2.05, 4.69) is 93.5 Å². The summed E-state index contributed by atoms with van der Waals surface area (Å²) in [5.41, 5.74) is 6.20. The average molecular weight is 458 g/mol. The first-order valence-electron chi connectivity index (χ1n) is 12.9. The summed E-state index contributed by atoms with van der Waals surface area (Å²) in [6, 6.07) is 9.21. The summed E-state index contributed by atoms with van der Waals surface area (Å²) in [4.78, 5) is 12.5. The Labute approximate surface area is 204 Å². The van der Waals surface area contributed by atoms with Crippen molar-refractivity contribution in [1.29, 1.82) is 0 Å². The van der Waals surface area contributed by atoms with Gasteiger partial charge in [0.25, 0.3) is 5.69 Å². The van der Waals surface area contributed by atoms with Gasteiger partial charge in [-0.05, 0) is 91.6 Å². The van der Waals surface area contributed by atoms with Crippen LogP contribution in [0.1, 0.15) is 127 Å². The highest BCUT2D eigenvalue weighted by molar-refractivity contribution is 6.28. The lowest BCUT2D eigenvalue weighted by molar-refractivity contribution is -0.383. The van der Waals surface area contributed by atoms with Crippen molar-refractivity contribution in [3.8, 4) is 0 Å². The fourth-order valence-corrected chi connectivity index (χ4v) is 5.79. The molecule has 0 fully saturated rings. The van der Waals surface area contributed by atoms with E-state index in [4.69, 9.17) is 0 Å². The molecule has 0 aromatic heterocycles. The Bertz CT molecular complexity index is 1380. The van der Waals surface area contributed by atoms with Crippen LogP contribution in [0.5, 0.6) is 0 Å². The topological polar surface area (TPSA) is 43.1 Å². The fourth-order valence-electron chi connectivity index (χ4n) is 5.79. The molecule has 0 saturated carbocycles. The van der Waals surface area contributed by atoms with E-state index in [1.54, 1.807) is 0 Å². The summed E-state index contributed by atoms with van der Waals surface area (Å²) < 4.78 is 0. The van der Waals surface area contributed by atoms with Gasteiger partial charge in [0.05, 0.1) is 10.3 Å². The molecule has 4 rings (SSSR count). The minimum absolute atomic E-state index is 0.0693. The number of hydrogen-bond acceptors (Lipinski definition) is 2. The summed E-state index contributed by atoms with van der Waals surface area (Å²) in [5, 5.41) is 19.5. The molecule has 0 bridgehead atoms. The molecule has 3 nitrogen and oxygen atoms in total.